The van der Waals surface area contributed by atoms with Crippen LogP contribution in [0.2, 0.25) is 0 Å². The predicted octanol–water partition coefficient (Wildman–Crippen LogP) is 1.71. The van der Waals surface area contributed by atoms with E-state index in [0.717, 1.165) is 56.8 Å². The van der Waals surface area contributed by atoms with E-state index in [0.29, 0.717) is 12.0 Å². The van der Waals surface area contributed by atoms with Gasteiger partial charge in [0, 0.05) is 25.6 Å². The average molecular weight is 290 g/mol. The molecule has 4 rings (SSSR count). The summed E-state index contributed by atoms with van der Waals surface area (Å²) in [6.45, 7) is 2.91. The molecule has 0 aromatic carbocycles. The Morgan fingerprint density at radius 2 is 2.10 bits per heavy atom. The lowest BCUT2D eigenvalue weighted by atomic mass is 9.93. The number of hydrogen-bond acceptors (Lipinski definition) is 4. The molecule has 6 nitrogen and oxygen atoms in total. The van der Waals surface area contributed by atoms with Gasteiger partial charge >= 0.3 is 6.03 Å². The lowest BCUT2D eigenvalue weighted by molar-refractivity contribution is 0.177. The topological polar surface area (TPSA) is 61.6 Å². The highest BCUT2D eigenvalue weighted by Crippen LogP contribution is 2.38. The third-order valence-electron chi connectivity index (χ3n) is 5.28. The SMILES string of the molecule is CN1C(=O)N2C[C@H]1CC[C@H]2c1cc(C2CCNCC2)on1. The number of aromatic nitrogens is 1. The first-order valence-corrected chi connectivity index (χ1v) is 7.94. The Kier molecular flexibility index (Phi) is 3.14. The maximum absolute atomic E-state index is 12.3. The largest absolute Gasteiger partial charge is 0.361 e. The summed E-state index contributed by atoms with van der Waals surface area (Å²) in [5, 5.41) is 7.65. The number of carbonyl (C=O) groups is 1. The minimum atomic E-state index is 0.0953. The number of carbonyl (C=O) groups excluding carboxylic acids is 1. The number of hydrogen-bond donors (Lipinski definition) is 1. The van der Waals surface area contributed by atoms with Gasteiger partial charge in [-0.25, -0.2) is 4.79 Å². The lowest BCUT2D eigenvalue weighted by Gasteiger charge is -2.29. The van der Waals surface area contributed by atoms with Crippen molar-refractivity contribution in [3.05, 3.63) is 17.5 Å². The van der Waals surface area contributed by atoms with Crippen molar-refractivity contribution in [3.8, 4) is 0 Å². The van der Waals surface area contributed by atoms with Crippen LogP contribution in [-0.4, -0.2) is 53.7 Å². The van der Waals surface area contributed by atoms with Crippen molar-refractivity contribution in [1.29, 1.82) is 0 Å². The Balaban J connectivity index is 1.54. The van der Waals surface area contributed by atoms with Gasteiger partial charge in [0.05, 0.1) is 12.1 Å². The van der Waals surface area contributed by atoms with Crippen LogP contribution in [0.5, 0.6) is 0 Å². The van der Waals surface area contributed by atoms with Crippen LogP contribution >= 0.6 is 0 Å². The molecule has 0 spiro atoms. The molecule has 3 fully saturated rings. The lowest BCUT2D eigenvalue weighted by Crippen LogP contribution is -2.34. The van der Waals surface area contributed by atoms with E-state index in [4.69, 9.17) is 4.52 Å². The summed E-state index contributed by atoms with van der Waals surface area (Å²) in [5.41, 5.74) is 0.936. The number of nitrogens with zero attached hydrogens (tertiary/aromatic N) is 3. The molecule has 4 heterocycles. The fourth-order valence-electron chi connectivity index (χ4n) is 3.91. The second kappa shape index (κ2) is 5.02. The van der Waals surface area contributed by atoms with Crippen molar-refractivity contribution in [2.24, 2.45) is 0 Å². The van der Waals surface area contributed by atoms with Gasteiger partial charge in [-0.15, -0.1) is 0 Å². The Labute approximate surface area is 124 Å². The van der Waals surface area contributed by atoms with E-state index in [-0.39, 0.29) is 12.1 Å². The number of piperidine rings is 2. The van der Waals surface area contributed by atoms with Gasteiger partial charge in [-0.3, -0.25) is 0 Å². The number of amides is 2. The van der Waals surface area contributed by atoms with Gasteiger partial charge in [-0.05, 0) is 38.8 Å². The zero-order chi connectivity index (χ0) is 14.4. The third kappa shape index (κ3) is 2.12. The monoisotopic (exact) mass is 290 g/mol. The Hall–Kier alpha value is -1.56. The molecule has 3 saturated heterocycles. The van der Waals surface area contributed by atoms with Crippen molar-refractivity contribution in [1.82, 2.24) is 20.3 Å². The van der Waals surface area contributed by atoms with Crippen molar-refractivity contribution < 1.29 is 9.32 Å². The van der Waals surface area contributed by atoms with Crippen molar-refractivity contribution in [2.75, 3.05) is 26.7 Å². The molecule has 0 saturated carbocycles. The zero-order valence-electron chi connectivity index (χ0n) is 12.4. The third-order valence-corrected chi connectivity index (χ3v) is 5.28. The van der Waals surface area contributed by atoms with Gasteiger partial charge in [0.1, 0.15) is 11.5 Å². The van der Waals surface area contributed by atoms with E-state index >= 15 is 0 Å². The summed E-state index contributed by atoms with van der Waals surface area (Å²) in [4.78, 5) is 16.1. The normalized spacial score (nSPS) is 30.2. The molecule has 1 aromatic heterocycles. The van der Waals surface area contributed by atoms with E-state index in [1.807, 2.05) is 16.8 Å². The van der Waals surface area contributed by atoms with Crippen molar-refractivity contribution in [3.63, 3.8) is 0 Å². The minimum Gasteiger partial charge on any atom is -0.361 e. The first kappa shape index (κ1) is 13.1. The Bertz CT molecular complexity index is 538. The molecule has 1 N–H and O–H groups in total. The molecule has 3 aliphatic rings. The molecule has 6 heteroatoms. The Morgan fingerprint density at radius 1 is 1.29 bits per heavy atom. The molecule has 0 unspecified atom stereocenters. The fraction of sp³-hybridized carbons (Fsp3) is 0.733. The van der Waals surface area contributed by atoms with Gasteiger partial charge in [0.25, 0.3) is 0 Å². The highest BCUT2D eigenvalue weighted by atomic mass is 16.5. The fourth-order valence-corrected chi connectivity index (χ4v) is 3.91. The number of nitrogens with one attached hydrogen (secondary N) is 1. The molecule has 3 aliphatic heterocycles. The Morgan fingerprint density at radius 3 is 2.90 bits per heavy atom. The minimum absolute atomic E-state index is 0.0953. The molecule has 2 atom stereocenters. The van der Waals surface area contributed by atoms with E-state index in [1.54, 1.807) is 0 Å². The summed E-state index contributed by atoms with van der Waals surface area (Å²) >= 11 is 0. The van der Waals surface area contributed by atoms with Crippen LogP contribution in [0.1, 0.15) is 49.1 Å². The van der Waals surface area contributed by atoms with Crippen LogP contribution in [0.3, 0.4) is 0 Å². The zero-order valence-corrected chi connectivity index (χ0v) is 12.4. The quantitative estimate of drug-likeness (QED) is 0.901. The molecule has 114 valence electrons. The maximum atomic E-state index is 12.3. The van der Waals surface area contributed by atoms with Crippen LogP contribution in [0.25, 0.3) is 0 Å². The molecular weight excluding hydrogens is 268 g/mol. The first-order valence-electron chi connectivity index (χ1n) is 7.94. The molecule has 0 aliphatic carbocycles. The smallest absolute Gasteiger partial charge is 0.320 e. The average Bonchev–Trinajstić information content (AvgIpc) is 3.10. The van der Waals surface area contributed by atoms with Crippen molar-refractivity contribution >= 4 is 6.03 Å². The summed E-state index contributed by atoms with van der Waals surface area (Å²) in [6, 6.07) is 2.70. The summed E-state index contributed by atoms with van der Waals surface area (Å²) in [5.74, 6) is 1.47. The molecular formula is C15H22N4O2. The van der Waals surface area contributed by atoms with Crippen LogP contribution in [-0.2, 0) is 0 Å². The van der Waals surface area contributed by atoms with Gasteiger partial charge in [0.15, 0.2) is 0 Å². The number of urea groups is 1. The predicted molar refractivity (Wildman–Crippen MR) is 77.0 cm³/mol. The van der Waals surface area contributed by atoms with Crippen molar-refractivity contribution in [2.45, 2.75) is 43.7 Å². The summed E-state index contributed by atoms with van der Waals surface area (Å²) in [6.07, 6.45) is 4.25. The van der Waals surface area contributed by atoms with Crippen LogP contribution < -0.4 is 5.32 Å². The number of likely N-dealkylation sites (N-methyl/N-ethyl adjacent to an activating group) is 1. The van der Waals surface area contributed by atoms with E-state index in [2.05, 4.69) is 16.5 Å². The van der Waals surface area contributed by atoms with Crippen LogP contribution in [0.15, 0.2) is 10.6 Å². The van der Waals surface area contributed by atoms with Gasteiger partial charge < -0.3 is 19.6 Å². The highest BCUT2D eigenvalue weighted by Gasteiger charge is 2.44. The van der Waals surface area contributed by atoms with Gasteiger partial charge in [-0.2, -0.15) is 0 Å². The second-order valence-corrected chi connectivity index (χ2v) is 6.47. The van der Waals surface area contributed by atoms with E-state index < -0.39 is 0 Å². The van der Waals surface area contributed by atoms with E-state index in [9.17, 15) is 4.79 Å². The van der Waals surface area contributed by atoms with Gasteiger partial charge in [-0.1, -0.05) is 5.16 Å². The number of rotatable bonds is 2. The van der Waals surface area contributed by atoms with E-state index in [1.165, 1.54) is 0 Å². The molecule has 1 aromatic rings. The highest BCUT2D eigenvalue weighted by molar-refractivity contribution is 5.77. The molecule has 2 bridgehead atoms. The summed E-state index contributed by atoms with van der Waals surface area (Å²) < 4.78 is 5.60. The van der Waals surface area contributed by atoms with Crippen LogP contribution in [0.4, 0.5) is 4.79 Å². The summed E-state index contributed by atoms with van der Waals surface area (Å²) in [7, 11) is 1.90. The number of fused-ring (bicyclic) bond motifs is 2. The first-order chi connectivity index (χ1) is 10.2. The maximum Gasteiger partial charge on any atom is 0.320 e. The van der Waals surface area contributed by atoms with Gasteiger partial charge in [0.2, 0.25) is 0 Å². The standard InChI is InChI=1S/C15H22N4O2/c1-18-11-2-3-13(19(9-11)15(18)20)12-8-14(21-17-12)10-4-6-16-7-5-10/h8,10-11,13,16H,2-7,9H2,1H3/t11-,13+/m1/s1. The molecule has 0 radical (unpaired) electrons. The molecule has 21 heavy (non-hydrogen) atoms. The van der Waals surface area contributed by atoms with Crippen LogP contribution in [0, 0.1) is 0 Å². The second-order valence-electron chi connectivity index (χ2n) is 6.47. The molecule has 2 amide bonds.